The van der Waals surface area contributed by atoms with Crippen molar-refractivity contribution in [2.75, 3.05) is 49.5 Å². The minimum absolute atomic E-state index is 0.0708. The highest BCUT2D eigenvalue weighted by Gasteiger charge is 2.43. The fourth-order valence-electron chi connectivity index (χ4n) is 5.31. The summed E-state index contributed by atoms with van der Waals surface area (Å²) in [5.74, 6) is -0.974. The number of piperazine rings is 1. The monoisotopic (exact) mass is 593 g/mol. The van der Waals surface area contributed by atoms with E-state index in [1.54, 1.807) is 24.3 Å². The van der Waals surface area contributed by atoms with E-state index in [0.717, 1.165) is 45.7 Å². The lowest BCUT2D eigenvalue weighted by Gasteiger charge is -2.35. The number of thiocarbonyl (C=S) groups is 1. The van der Waals surface area contributed by atoms with Gasteiger partial charge in [-0.3, -0.25) is 19.4 Å². The molecule has 3 aromatic carbocycles. The van der Waals surface area contributed by atoms with E-state index in [1.807, 2.05) is 11.0 Å². The lowest BCUT2D eigenvalue weighted by atomic mass is 10.1. The predicted octanol–water partition coefficient (Wildman–Crippen LogP) is 5.02. The topological polar surface area (TPSA) is 59.1 Å². The van der Waals surface area contributed by atoms with E-state index >= 15 is 0 Å². The summed E-state index contributed by atoms with van der Waals surface area (Å²) in [5.41, 5.74) is 2.41. The molecular formula is C31H33ClFN5O2S. The fraction of sp³-hybridized carbons (Fsp3) is 0.323. The molecule has 0 radical (unpaired) electrons. The number of halogens is 2. The van der Waals surface area contributed by atoms with Crippen LogP contribution in [0.1, 0.15) is 18.4 Å². The van der Waals surface area contributed by atoms with Crippen LogP contribution in [0.2, 0.25) is 5.02 Å². The maximum Gasteiger partial charge on any atom is 0.256 e. The first-order chi connectivity index (χ1) is 19.9. The standard InChI is InChI=1S/C31H33ClFN5O2S/c32-24-7-13-27(14-8-24)38-30(40)28(21-29(39)34-26-11-9-25(33)10-12-26)37(31(38)41)16-4-15-35-17-19-36(20-18-35)22-23-5-2-1-3-6-23/h1-3,5-14,28H,4,15-22H2,(H,34,39). The Morgan fingerprint density at radius 2 is 1.56 bits per heavy atom. The van der Waals surface area contributed by atoms with Crippen molar-refractivity contribution in [1.82, 2.24) is 14.7 Å². The molecule has 2 saturated heterocycles. The third-order valence-electron chi connectivity index (χ3n) is 7.50. The fourth-order valence-corrected chi connectivity index (χ4v) is 5.85. The van der Waals surface area contributed by atoms with Crippen molar-refractivity contribution in [3.63, 3.8) is 0 Å². The molecule has 5 rings (SSSR count). The maximum absolute atomic E-state index is 13.6. The van der Waals surface area contributed by atoms with Gasteiger partial charge in [0.05, 0.1) is 12.1 Å². The summed E-state index contributed by atoms with van der Waals surface area (Å²) in [6.45, 7) is 6.36. The zero-order valence-corrected chi connectivity index (χ0v) is 24.3. The van der Waals surface area contributed by atoms with Gasteiger partial charge in [0, 0.05) is 50.0 Å². The number of anilines is 2. The highest BCUT2D eigenvalue weighted by molar-refractivity contribution is 7.80. The molecule has 3 aromatic rings. The number of carbonyl (C=O) groups excluding carboxylic acids is 2. The van der Waals surface area contributed by atoms with Crippen molar-refractivity contribution in [2.24, 2.45) is 0 Å². The lowest BCUT2D eigenvalue weighted by Crippen LogP contribution is -2.47. The third-order valence-corrected chi connectivity index (χ3v) is 8.17. The quantitative estimate of drug-likeness (QED) is 0.333. The molecule has 0 spiro atoms. The number of benzene rings is 3. The molecule has 2 heterocycles. The summed E-state index contributed by atoms with van der Waals surface area (Å²) in [6, 6.07) is 22.2. The van der Waals surface area contributed by atoms with Gasteiger partial charge in [-0.1, -0.05) is 41.9 Å². The van der Waals surface area contributed by atoms with E-state index in [1.165, 1.54) is 34.7 Å². The Hall–Kier alpha value is -3.37. The molecule has 0 saturated carbocycles. The molecule has 2 amide bonds. The van der Waals surface area contributed by atoms with Crippen LogP contribution in [0.4, 0.5) is 15.8 Å². The van der Waals surface area contributed by atoms with Gasteiger partial charge < -0.3 is 15.1 Å². The van der Waals surface area contributed by atoms with Crippen LogP contribution in [0.3, 0.4) is 0 Å². The van der Waals surface area contributed by atoms with Gasteiger partial charge in [0.2, 0.25) is 5.91 Å². The zero-order chi connectivity index (χ0) is 28.8. The smallest absolute Gasteiger partial charge is 0.256 e. The molecule has 10 heteroatoms. The number of carbonyl (C=O) groups is 2. The van der Waals surface area contributed by atoms with Crippen LogP contribution >= 0.6 is 23.8 Å². The van der Waals surface area contributed by atoms with E-state index in [-0.39, 0.29) is 24.1 Å². The number of rotatable bonds is 10. The summed E-state index contributed by atoms with van der Waals surface area (Å²) in [6.07, 6.45) is 0.731. The average Bonchev–Trinajstić information content (AvgIpc) is 3.20. The van der Waals surface area contributed by atoms with Gasteiger partial charge >= 0.3 is 0 Å². The Bertz CT molecular complexity index is 1350. The van der Waals surface area contributed by atoms with Crippen LogP contribution in [0.5, 0.6) is 0 Å². The number of hydrogen-bond donors (Lipinski definition) is 1. The number of hydrogen-bond acceptors (Lipinski definition) is 5. The Labute approximate surface area is 250 Å². The summed E-state index contributed by atoms with van der Waals surface area (Å²) in [7, 11) is 0. The largest absolute Gasteiger partial charge is 0.336 e. The predicted molar refractivity (Wildman–Crippen MR) is 164 cm³/mol. The van der Waals surface area contributed by atoms with Crippen LogP contribution < -0.4 is 10.2 Å². The highest BCUT2D eigenvalue weighted by Crippen LogP contribution is 2.29. The normalized spacial score (nSPS) is 18.2. The van der Waals surface area contributed by atoms with E-state index < -0.39 is 6.04 Å². The minimum atomic E-state index is -0.735. The SMILES string of the molecule is O=C(CC1C(=O)N(c2ccc(Cl)cc2)C(=S)N1CCCN1CCN(Cc2ccccc2)CC1)Nc1ccc(F)cc1. The Morgan fingerprint density at radius 3 is 2.24 bits per heavy atom. The molecule has 2 fully saturated rings. The summed E-state index contributed by atoms with van der Waals surface area (Å²) in [5, 5.41) is 3.70. The number of amides is 2. The summed E-state index contributed by atoms with van der Waals surface area (Å²) >= 11 is 11.8. The van der Waals surface area contributed by atoms with Crippen LogP contribution in [0.15, 0.2) is 78.9 Å². The second-order valence-electron chi connectivity index (χ2n) is 10.4. The molecule has 0 aromatic heterocycles. The van der Waals surface area contributed by atoms with Crippen molar-refractivity contribution >= 4 is 52.1 Å². The van der Waals surface area contributed by atoms with Crippen molar-refractivity contribution in [2.45, 2.75) is 25.4 Å². The molecule has 41 heavy (non-hydrogen) atoms. The van der Waals surface area contributed by atoms with Gasteiger partial charge in [0.1, 0.15) is 11.9 Å². The lowest BCUT2D eigenvalue weighted by molar-refractivity contribution is -0.124. The first-order valence-electron chi connectivity index (χ1n) is 13.8. The summed E-state index contributed by atoms with van der Waals surface area (Å²) < 4.78 is 13.3. The van der Waals surface area contributed by atoms with E-state index in [4.69, 9.17) is 23.8 Å². The molecule has 1 atom stereocenters. The first-order valence-corrected chi connectivity index (χ1v) is 14.6. The van der Waals surface area contributed by atoms with Gasteiger partial charge in [-0.05, 0) is 79.3 Å². The summed E-state index contributed by atoms with van der Waals surface area (Å²) in [4.78, 5) is 34.8. The molecule has 7 nitrogen and oxygen atoms in total. The van der Waals surface area contributed by atoms with Crippen molar-refractivity contribution in [1.29, 1.82) is 0 Å². The van der Waals surface area contributed by atoms with E-state index in [9.17, 15) is 14.0 Å². The molecule has 1 N–H and O–H groups in total. The van der Waals surface area contributed by atoms with Gasteiger partial charge in [0.15, 0.2) is 5.11 Å². The molecule has 214 valence electrons. The van der Waals surface area contributed by atoms with Crippen molar-refractivity contribution < 1.29 is 14.0 Å². The van der Waals surface area contributed by atoms with E-state index in [2.05, 4.69) is 39.4 Å². The van der Waals surface area contributed by atoms with Crippen molar-refractivity contribution in [3.05, 3.63) is 95.3 Å². The third kappa shape index (κ3) is 7.48. The minimum Gasteiger partial charge on any atom is -0.336 e. The molecular weight excluding hydrogens is 561 g/mol. The van der Waals surface area contributed by atoms with Crippen LogP contribution in [-0.4, -0.2) is 76.9 Å². The van der Waals surface area contributed by atoms with Gasteiger partial charge in [-0.25, -0.2) is 4.39 Å². The van der Waals surface area contributed by atoms with Crippen LogP contribution in [0.25, 0.3) is 0 Å². The number of nitrogens with one attached hydrogen (secondary N) is 1. The van der Waals surface area contributed by atoms with E-state index in [0.29, 0.717) is 28.1 Å². The Kier molecular flexibility index (Phi) is 9.61. The van der Waals surface area contributed by atoms with Gasteiger partial charge in [-0.15, -0.1) is 0 Å². The molecule has 0 bridgehead atoms. The first kappa shape index (κ1) is 29.1. The highest BCUT2D eigenvalue weighted by atomic mass is 35.5. The molecule has 0 aliphatic carbocycles. The molecule has 2 aliphatic heterocycles. The average molecular weight is 594 g/mol. The second-order valence-corrected chi connectivity index (χ2v) is 11.2. The van der Waals surface area contributed by atoms with Crippen LogP contribution in [0, 0.1) is 5.82 Å². The second kappa shape index (κ2) is 13.5. The zero-order valence-electron chi connectivity index (χ0n) is 22.7. The van der Waals surface area contributed by atoms with Gasteiger partial charge in [-0.2, -0.15) is 0 Å². The Morgan fingerprint density at radius 1 is 0.902 bits per heavy atom. The number of nitrogens with zero attached hydrogens (tertiary/aromatic N) is 4. The molecule has 1 unspecified atom stereocenters. The molecule has 2 aliphatic rings. The van der Waals surface area contributed by atoms with Gasteiger partial charge in [0.25, 0.3) is 5.91 Å². The van der Waals surface area contributed by atoms with Crippen molar-refractivity contribution in [3.8, 4) is 0 Å². The Balaban J connectivity index is 1.20. The maximum atomic E-state index is 13.6. The van der Waals surface area contributed by atoms with Crippen LogP contribution in [-0.2, 0) is 16.1 Å².